The van der Waals surface area contributed by atoms with Gasteiger partial charge in [-0.25, -0.2) is 18.7 Å². The summed E-state index contributed by atoms with van der Waals surface area (Å²) in [5, 5.41) is 6.62. The average molecular weight is 469 g/mol. The molecule has 34 heavy (non-hydrogen) atoms. The Morgan fingerprint density at radius 1 is 1.00 bits per heavy atom. The SMILES string of the molecule is CC(C)(C)[C@H]1CC[C@@H](n2c(Nc3ccc(F)cc3F)nc3cnc(NC4CCCCC4)nc32)C1. The number of aromatic nitrogens is 4. The van der Waals surface area contributed by atoms with Gasteiger partial charge in [0, 0.05) is 18.2 Å². The maximum absolute atomic E-state index is 14.5. The lowest BCUT2D eigenvalue weighted by Crippen LogP contribution is -2.23. The number of benzene rings is 1. The highest BCUT2D eigenvalue weighted by atomic mass is 19.1. The third kappa shape index (κ3) is 4.72. The van der Waals surface area contributed by atoms with Gasteiger partial charge in [0.25, 0.3) is 0 Å². The third-order valence-electron chi connectivity index (χ3n) is 7.54. The first-order valence-corrected chi connectivity index (χ1v) is 12.5. The van der Waals surface area contributed by atoms with Gasteiger partial charge in [0.1, 0.15) is 17.2 Å². The van der Waals surface area contributed by atoms with Crippen molar-refractivity contribution in [2.24, 2.45) is 11.3 Å². The molecule has 5 rings (SSSR count). The molecule has 2 heterocycles. The minimum Gasteiger partial charge on any atom is -0.351 e. The Morgan fingerprint density at radius 3 is 2.50 bits per heavy atom. The second-order valence-corrected chi connectivity index (χ2v) is 11.0. The van der Waals surface area contributed by atoms with E-state index in [1.807, 2.05) is 0 Å². The lowest BCUT2D eigenvalue weighted by Gasteiger charge is -2.27. The standard InChI is InChI=1S/C26H34F2N6/c1-26(2,3)16-9-11-19(13-16)34-23-22(15-29-24(33-23)30-18-7-5-4-6-8-18)32-25(34)31-21-12-10-17(27)14-20(21)28/h10,12,14-16,18-19H,4-9,11,13H2,1-3H3,(H,31,32)(H,29,30,33)/t16-,19+/m0/s1. The molecule has 2 aliphatic rings. The number of nitrogens with one attached hydrogen (secondary N) is 2. The van der Waals surface area contributed by atoms with Crippen LogP contribution in [-0.4, -0.2) is 25.6 Å². The molecule has 182 valence electrons. The first-order chi connectivity index (χ1) is 16.3. The molecule has 0 unspecified atom stereocenters. The van der Waals surface area contributed by atoms with Gasteiger partial charge in [-0.1, -0.05) is 40.0 Å². The topological polar surface area (TPSA) is 67.7 Å². The molecule has 0 bridgehead atoms. The number of hydrogen-bond acceptors (Lipinski definition) is 5. The van der Waals surface area contributed by atoms with Crippen LogP contribution in [0, 0.1) is 23.0 Å². The van der Waals surface area contributed by atoms with E-state index < -0.39 is 11.6 Å². The highest BCUT2D eigenvalue weighted by molar-refractivity contribution is 5.76. The fraction of sp³-hybridized carbons (Fsp3) is 0.577. The Kier molecular flexibility index (Phi) is 6.16. The van der Waals surface area contributed by atoms with Crippen molar-refractivity contribution in [2.45, 2.75) is 84.2 Å². The Balaban J connectivity index is 1.52. The van der Waals surface area contributed by atoms with E-state index in [0.717, 1.165) is 43.8 Å². The third-order valence-corrected chi connectivity index (χ3v) is 7.54. The van der Waals surface area contributed by atoms with Crippen LogP contribution in [0.25, 0.3) is 11.2 Å². The highest BCUT2D eigenvalue weighted by Gasteiger charge is 2.36. The molecule has 0 amide bonds. The van der Waals surface area contributed by atoms with Gasteiger partial charge in [-0.3, -0.25) is 4.57 Å². The van der Waals surface area contributed by atoms with Crippen LogP contribution in [0.15, 0.2) is 24.4 Å². The molecule has 2 atom stereocenters. The smallest absolute Gasteiger partial charge is 0.224 e. The Morgan fingerprint density at radius 2 is 1.79 bits per heavy atom. The first-order valence-electron chi connectivity index (χ1n) is 12.5. The summed E-state index contributed by atoms with van der Waals surface area (Å²) < 4.78 is 30.0. The van der Waals surface area contributed by atoms with E-state index in [2.05, 4.69) is 41.0 Å². The van der Waals surface area contributed by atoms with E-state index in [0.29, 0.717) is 29.4 Å². The summed E-state index contributed by atoms with van der Waals surface area (Å²) in [5.41, 5.74) is 1.82. The summed E-state index contributed by atoms with van der Waals surface area (Å²) in [6.45, 7) is 6.86. The molecule has 6 nitrogen and oxygen atoms in total. The van der Waals surface area contributed by atoms with Gasteiger partial charge in [0.2, 0.25) is 11.9 Å². The lowest BCUT2D eigenvalue weighted by molar-refractivity contribution is 0.240. The van der Waals surface area contributed by atoms with E-state index in [4.69, 9.17) is 9.97 Å². The van der Waals surface area contributed by atoms with Gasteiger partial charge in [-0.05, 0) is 55.6 Å². The van der Waals surface area contributed by atoms with Crippen molar-refractivity contribution in [3.8, 4) is 0 Å². The Labute approximate surface area is 199 Å². The number of hydrogen-bond donors (Lipinski definition) is 2. The number of anilines is 3. The second kappa shape index (κ2) is 9.12. The molecule has 2 aliphatic carbocycles. The van der Waals surface area contributed by atoms with Crippen LogP contribution in [0.1, 0.15) is 78.2 Å². The summed E-state index contributed by atoms with van der Waals surface area (Å²) in [6, 6.07) is 4.12. The van der Waals surface area contributed by atoms with Gasteiger partial charge in [0.05, 0.1) is 11.9 Å². The summed E-state index contributed by atoms with van der Waals surface area (Å²) in [7, 11) is 0. The zero-order chi connectivity index (χ0) is 23.9. The van der Waals surface area contributed by atoms with Crippen LogP contribution in [0.2, 0.25) is 0 Å². The largest absolute Gasteiger partial charge is 0.351 e. The van der Waals surface area contributed by atoms with Gasteiger partial charge in [-0.15, -0.1) is 0 Å². The van der Waals surface area contributed by atoms with Crippen LogP contribution in [0.5, 0.6) is 0 Å². The molecule has 0 saturated heterocycles. The fourth-order valence-corrected chi connectivity index (χ4v) is 5.51. The van der Waals surface area contributed by atoms with Gasteiger partial charge in [-0.2, -0.15) is 4.98 Å². The van der Waals surface area contributed by atoms with Crippen LogP contribution in [-0.2, 0) is 0 Å². The maximum Gasteiger partial charge on any atom is 0.224 e. The van der Waals surface area contributed by atoms with Gasteiger partial charge in [0.15, 0.2) is 5.65 Å². The number of fused-ring (bicyclic) bond motifs is 1. The lowest BCUT2D eigenvalue weighted by atomic mass is 9.80. The van der Waals surface area contributed by atoms with E-state index in [9.17, 15) is 8.78 Å². The molecular formula is C26H34F2N6. The molecule has 0 radical (unpaired) electrons. The Bertz CT molecular complexity index is 1160. The fourth-order valence-electron chi connectivity index (χ4n) is 5.51. The summed E-state index contributed by atoms with van der Waals surface area (Å²) >= 11 is 0. The van der Waals surface area contributed by atoms with Crippen molar-refractivity contribution < 1.29 is 8.78 Å². The number of rotatable bonds is 5. The normalized spacial score (nSPS) is 21.8. The van der Waals surface area contributed by atoms with Crippen LogP contribution >= 0.6 is 0 Å². The van der Waals surface area contributed by atoms with E-state index in [-0.39, 0.29) is 17.1 Å². The van der Waals surface area contributed by atoms with Crippen molar-refractivity contribution in [1.29, 1.82) is 0 Å². The van der Waals surface area contributed by atoms with E-state index >= 15 is 0 Å². The van der Waals surface area contributed by atoms with Gasteiger partial charge >= 0.3 is 0 Å². The molecule has 1 aromatic carbocycles. The summed E-state index contributed by atoms with van der Waals surface area (Å²) in [4.78, 5) is 14.1. The summed E-state index contributed by atoms with van der Waals surface area (Å²) in [6.07, 6.45) is 10.9. The van der Waals surface area contributed by atoms with Gasteiger partial charge < -0.3 is 10.6 Å². The van der Waals surface area contributed by atoms with Crippen molar-refractivity contribution in [3.05, 3.63) is 36.0 Å². The predicted molar refractivity (Wildman–Crippen MR) is 131 cm³/mol. The van der Waals surface area contributed by atoms with Crippen LogP contribution < -0.4 is 10.6 Å². The monoisotopic (exact) mass is 468 g/mol. The molecule has 2 aromatic heterocycles. The molecule has 2 fully saturated rings. The molecular weight excluding hydrogens is 434 g/mol. The summed E-state index contributed by atoms with van der Waals surface area (Å²) in [5.74, 6) is 0.453. The highest BCUT2D eigenvalue weighted by Crippen LogP contribution is 2.46. The minimum absolute atomic E-state index is 0.192. The number of halogens is 2. The molecule has 0 aliphatic heterocycles. The maximum atomic E-state index is 14.5. The zero-order valence-electron chi connectivity index (χ0n) is 20.2. The van der Waals surface area contributed by atoms with Crippen molar-refractivity contribution in [3.63, 3.8) is 0 Å². The number of imidazole rings is 1. The van der Waals surface area contributed by atoms with Crippen molar-refractivity contribution >= 4 is 28.7 Å². The van der Waals surface area contributed by atoms with E-state index in [1.54, 1.807) is 6.20 Å². The molecule has 0 spiro atoms. The minimum atomic E-state index is -0.650. The average Bonchev–Trinajstić information content (AvgIpc) is 3.41. The van der Waals surface area contributed by atoms with Crippen LogP contribution in [0.3, 0.4) is 0 Å². The quantitative estimate of drug-likeness (QED) is 0.423. The Hall–Kier alpha value is -2.77. The zero-order valence-corrected chi connectivity index (χ0v) is 20.2. The molecule has 3 aromatic rings. The van der Waals surface area contributed by atoms with Crippen molar-refractivity contribution in [2.75, 3.05) is 10.6 Å². The molecule has 8 heteroatoms. The first kappa shape index (κ1) is 23.0. The number of nitrogens with zero attached hydrogens (tertiary/aromatic N) is 4. The predicted octanol–water partition coefficient (Wildman–Crippen LogP) is 6.98. The molecule has 2 N–H and O–H groups in total. The van der Waals surface area contributed by atoms with E-state index in [1.165, 1.54) is 31.4 Å². The second-order valence-electron chi connectivity index (χ2n) is 11.0. The molecule has 2 saturated carbocycles. The van der Waals surface area contributed by atoms with Crippen molar-refractivity contribution in [1.82, 2.24) is 19.5 Å². The van der Waals surface area contributed by atoms with Crippen LogP contribution in [0.4, 0.5) is 26.4 Å².